The number of thiazole rings is 1. The molecule has 0 saturated heterocycles. The van der Waals surface area contributed by atoms with E-state index < -0.39 is 0 Å². The fourth-order valence-corrected chi connectivity index (χ4v) is 4.04. The molecule has 152 valence electrons. The maximum absolute atomic E-state index is 4.72. The molecule has 5 nitrogen and oxygen atoms in total. The quantitative estimate of drug-likeness (QED) is 0.263. The number of aryl methyl sites for hydroxylation is 1. The Hall–Kier alpha value is -1.61. The summed E-state index contributed by atoms with van der Waals surface area (Å²) in [6.45, 7) is 10.2. The molecule has 0 radical (unpaired) electrons. The highest BCUT2D eigenvalue weighted by Crippen LogP contribution is 2.24. The molecule has 3 aromatic rings. The molecule has 0 bridgehead atoms. The normalized spacial score (nSPS) is 12.1. The number of aliphatic imine (C=N–C) groups is 1. The van der Waals surface area contributed by atoms with Crippen molar-refractivity contribution in [3.05, 3.63) is 51.6 Å². The van der Waals surface area contributed by atoms with Gasteiger partial charge in [-0.25, -0.2) is 4.98 Å². The summed E-state index contributed by atoms with van der Waals surface area (Å²) in [5, 5.41) is 11.3. The summed E-state index contributed by atoms with van der Waals surface area (Å²) in [6.07, 6.45) is 0.946. The second-order valence-corrected chi connectivity index (χ2v) is 8.70. The minimum Gasteiger partial charge on any atom is -0.358 e. The van der Waals surface area contributed by atoms with Crippen molar-refractivity contribution in [1.29, 1.82) is 0 Å². The Kier molecular flexibility index (Phi) is 7.88. The molecular weight excluding hydrogens is 481 g/mol. The number of halogens is 1. The first kappa shape index (κ1) is 22.7. The van der Waals surface area contributed by atoms with E-state index in [4.69, 9.17) is 4.98 Å². The topological polar surface area (TPSA) is 65.1 Å². The summed E-state index contributed by atoms with van der Waals surface area (Å²) in [7, 11) is 1.80. The van der Waals surface area contributed by atoms with E-state index in [1.165, 1.54) is 22.2 Å². The molecule has 28 heavy (non-hydrogen) atoms. The third-order valence-corrected chi connectivity index (χ3v) is 5.49. The van der Waals surface area contributed by atoms with E-state index in [2.05, 4.69) is 78.0 Å². The first-order valence-corrected chi connectivity index (χ1v) is 10.2. The van der Waals surface area contributed by atoms with Crippen LogP contribution in [0.1, 0.15) is 42.7 Å². The highest BCUT2D eigenvalue weighted by molar-refractivity contribution is 14.0. The lowest BCUT2D eigenvalue weighted by molar-refractivity contribution is 0.570. The van der Waals surface area contributed by atoms with Gasteiger partial charge in [-0.2, -0.15) is 0 Å². The van der Waals surface area contributed by atoms with Gasteiger partial charge in [-0.1, -0.05) is 39.0 Å². The molecule has 0 aliphatic heterocycles. The Morgan fingerprint density at radius 2 is 1.96 bits per heavy atom. The summed E-state index contributed by atoms with van der Waals surface area (Å²) >= 11 is 1.69. The van der Waals surface area contributed by atoms with Gasteiger partial charge in [-0.15, -0.1) is 35.3 Å². The predicted octanol–water partition coefficient (Wildman–Crippen LogP) is 4.76. The number of H-pyrrole nitrogens is 1. The van der Waals surface area contributed by atoms with Crippen LogP contribution in [0.2, 0.25) is 0 Å². The summed E-state index contributed by atoms with van der Waals surface area (Å²) in [6, 6.07) is 8.46. The van der Waals surface area contributed by atoms with Crippen LogP contribution in [0.5, 0.6) is 0 Å². The molecule has 0 atom stereocenters. The third-order valence-electron chi connectivity index (χ3n) is 4.65. The number of fused-ring (bicyclic) bond motifs is 1. The first-order chi connectivity index (χ1) is 12.9. The zero-order chi connectivity index (χ0) is 19.4. The number of guanidine groups is 1. The molecule has 2 aromatic heterocycles. The number of aromatic amines is 1. The van der Waals surface area contributed by atoms with Crippen LogP contribution in [-0.2, 0) is 18.4 Å². The molecule has 0 unspecified atom stereocenters. The van der Waals surface area contributed by atoms with Crippen molar-refractivity contribution >= 4 is 52.2 Å². The molecule has 0 amide bonds. The third kappa shape index (κ3) is 5.47. The van der Waals surface area contributed by atoms with Crippen molar-refractivity contribution in [3.63, 3.8) is 0 Å². The van der Waals surface area contributed by atoms with Gasteiger partial charge in [0.1, 0.15) is 5.01 Å². The SMILES string of the molecule is CN=C(NCCc1c(C)[nH]c2ccccc12)NCc1nc(C(C)(C)C)cs1.I. The van der Waals surface area contributed by atoms with E-state index >= 15 is 0 Å². The second kappa shape index (κ2) is 9.73. The van der Waals surface area contributed by atoms with Gasteiger partial charge >= 0.3 is 0 Å². The van der Waals surface area contributed by atoms with Gasteiger partial charge in [0.05, 0.1) is 12.2 Å². The van der Waals surface area contributed by atoms with Crippen molar-refractivity contribution < 1.29 is 0 Å². The number of benzene rings is 1. The van der Waals surface area contributed by atoms with E-state index in [1.54, 1.807) is 18.4 Å². The van der Waals surface area contributed by atoms with Crippen LogP contribution >= 0.6 is 35.3 Å². The van der Waals surface area contributed by atoms with Crippen LogP contribution in [-0.4, -0.2) is 29.5 Å². The Bertz CT molecular complexity index is 936. The average Bonchev–Trinajstić information content (AvgIpc) is 3.22. The minimum atomic E-state index is 0. The Morgan fingerprint density at radius 3 is 2.64 bits per heavy atom. The van der Waals surface area contributed by atoms with E-state index in [1.807, 2.05) is 0 Å². The molecule has 3 rings (SSSR count). The number of rotatable bonds is 5. The van der Waals surface area contributed by atoms with Crippen LogP contribution in [0.15, 0.2) is 34.6 Å². The number of nitrogens with zero attached hydrogens (tertiary/aromatic N) is 2. The van der Waals surface area contributed by atoms with Crippen LogP contribution in [0.3, 0.4) is 0 Å². The number of para-hydroxylation sites is 1. The fraction of sp³-hybridized carbons (Fsp3) is 0.429. The standard InChI is InChI=1S/C21H29N5S.HI/c1-14-15(16-8-6-7-9-17(16)25-14)10-11-23-20(22-5)24-12-19-26-18(13-27-19)21(2,3)4;/h6-9,13,25H,10-12H2,1-5H3,(H2,22,23,24);1H. The predicted molar refractivity (Wildman–Crippen MR) is 131 cm³/mol. The maximum atomic E-state index is 4.72. The molecule has 0 spiro atoms. The van der Waals surface area contributed by atoms with Crippen LogP contribution < -0.4 is 10.6 Å². The lowest BCUT2D eigenvalue weighted by Gasteiger charge is -2.14. The van der Waals surface area contributed by atoms with Crippen LogP contribution in [0, 0.1) is 6.92 Å². The average molecular weight is 511 g/mol. The van der Waals surface area contributed by atoms with Gasteiger partial charge in [0.25, 0.3) is 0 Å². The van der Waals surface area contributed by atoms with Crippen molar-refractivity contribution in [2.75, 3.05) is 13.6 Å². The molecule has 0 fully saturated rings. The molecule has 0 aliphatic carbocycles. The lowest BCUT2D eigenvalue weighted by Crippen LogP contribution is -2.37. The van der Waals surface area contributed by atoms with Crippen LogP contribution in [0.25, 0.3) is 10.9 Å². The van der Waals surface area contributed by atoms with Crippen molar-refractivity contribution in [1.82, 2.24) is 20.6 Å². The molecular formula is C21H30IN5S. The van der Waals surface area contributed by atoms with Gasteiger partial charge in [-0.05, 0) is 25.0 Å². The van der Waals surface area contributed by atoms with Crippen molar-refractivity contribution in [2.45, 2.75) is 46.1 Å². The van der Waals surface area contributed by atoms with E-state index in [0.717, 1.165) is 29.6 Å². The minimum absolute atomic E-state index is 0. The lowest BCUT2D eigenvalue weighted by atomic mass is 9.93. The molecule has 2 heterocycles. The van der Waals surface area contributed by atoms with Crippen LogP contribution in [0.4, 0.5) is 0 Å². The first-order valence-electron chi connectivity index (χ1n) is 9.34. The fourth-order valence-electron chi connectivity index (χ4n) is 3.08. The van der Waals surface area contributed by atoms with Gasteiger partial charge in [0, 0.05) is 41.0 Å². The van der Waals surface area contributed by atoms with Crippen molar-refractivity contribution in [3.8, 4) is 0 Å². The van der Waals surface area contributed by atoms with Crippen molar-refractivity contribution in [2.24, 2.45) is 4.99 Å². The number of hydrogen-bond donors (Lipinski definition) is 3. The van der Waals surface area contributed by atoms with E-state index in [9.17, 15) is 0 Å². The summed E-state index contributed by atoms with van der Waals surface area (Å²) in [5.41, 5.74) is 5.03. The maximum Gasteiger partial charge on any atom is 0.191 e. The van der Waals surface area contributed by atoms with Gasteiger partial charge in [-0.3, -0.25) is 4.99 Å². The monoisotopic (exact) mass is 511 g/mol. The van der Waals surface area contributed by atoms with Gasteiger partial charge in [0.15, 0.2) is 5.96 Å². The highest BCUT2D eigenvalue weighted by Gasteiger charge is 2.17. The zero-order valence-corrected chi connectivity index (χ0v) is 20.4. The number of nitrogens with one attached hydrogen (secondary N) is 3. The molecule has 7 heteroatoms. The summed E-state index contributed by atoms with van der Waals surface area (Å²) in [5.74, 6) is 0.806. The van der Waals surface area contributed by atoms with E-state index in [0.29, 0.717) is 6.54 Å². The Balaban J connectivity index is 0.00000280. The molecule has 3 N–H and O–H groups in total. The second-order valence-electron chi connectivity index (χ2n) is 7.75. The summed E-state index contributed by atoms with van der Waals surface area (Å²) in [4.78, 5) is 12.5. The highest BCUT2D eigenvalue weighted by atomic mass is 127. The van der Waals surface area contributed by atoms with E-state index in [-0.39, 0.29) is 29.4 Å². The Labute approximate surface area is 188 Å². The molecule has 1 aromatic carbocycles. The zero-order valence-electron chi connectivity index (χ0n) is 17.2. The van der Waals surface area contributed by atoms with Gasteiger partial charge < -0.3 is 15.6 Å². The van der Waals surface area contributed by atoms with Gasteiger partial charge in [0.2, 0.25) is 0 Å². The summed E-state index contributed by atoms with van der Waals surface area (Å²) < 4.78 is 0. The largest absolute Gasteiger partial charge is 0.358 e. The molecule has 0 saturated carbocycles. The Morgan fingerprint density at radius 1 is 1.21 bits per heavy atom. The smallest absolute Gasteiger partial charge is 0.191 e. The molecule has 0 aliphatic rings. The number of hydrogen-bond acceptors (Lipinski definition) is 3. The number of aromatic nitrogens is 2.